The topological polar surface area (TPSA) is 48.3 Å². The number of ether oxygens (including phenoxy) is 1. The van der Waals surface area contributed by atoms with Gasteiger partial charge in [0.05, 0.1) is 12.7 Å². The molecule has 1 fully saturated rings. The number of hydrogen-bond donors (Lipinski definition) is 1. The molecule has 1 atom stereocenters. The molecule has 0 aromatic carbocycles. The second kappa shape index (κ2) is 7.63. The van der Waals surface area contributed by atoms with Gasteiger partial charge in [-0.15, -0.1) is 0 Å². The van der Waals surface area contributed by atoms with Crippen molar-refractivity contribution in [3.05, 3.63) is 0 Å². The Morgan fingerprint density at radius 2 is 2.40 bits per heavy atom. The van der Waals surface area contributed by atoms with Crippen molar-refractivity contribution in [1.29, 1.82) is 5.26 Å². The lowest BCUT2D eigenvalue weighted by Crippen LogP contribution is -2.51. The molecule has 1 rings (SSSR count). The van der Waals surface area contributed by atoms with E-state index in [1.807, 2.05) is 0 Å². The fraction of sp³-hybridized carbons (Fsp3) is 0.909. The Balaban J connectivity index is 2.10. The van der Waals surface area contributed by atoms with Crippen LogP contribution in [-0.2, 0) is 4.74 Å². The summed E-state index contributed by atoms with van der Waals surface area (Å²) in [5.74, 6) is 0. The first-order valence-corrected chi connectivity index (χ1v) is 5.80. The molecular weight excluding hydrogens is 190 g/mol. The predicted molar refractivity (Wildman–Crippen MR) is 59.6 cm³/mol. The third-order valence-electron chi connectivity index (χ3n) is 2.67. The summed E-state index contributed by atoms with van der Waals surface area (Å²) in [5, 5.41) is 12.2. The first kappa shape index (κ1) is 12.4. The smallest absolute Gasteiger partial charge is 0.110 e. The number of nitrogens with one attached hydrogen (secondary N) is 1. The van der Waals surface area contributed by atoms with Gasteiger partial charge in [-0.3, -0.25) is 4.90 Å². The lowest BCUT2D eigenvalue weighted by molar-refractivity contribution is 0.0867. The Morgan fingerprint density at radius 3 is 3.13 bits per heavy atom. The van der Waals surface area contributed by atoms with Crippen LogP contribution in [0.2, 0.25) is 0 Å². The van der Waals surface area contributed by atoms with E-state index in [1.165, 1.54) is 6.42 Å². The number of hydrogen-bond acceptors (Lipinski definition) is 4. The van der Waals surface area contributed by atoms with Crippen LogP contribution in [0, 0.1) is 11.3 Å². The van der Waals surface area contributed by atoms with E-state index in [-0.39, 0.29) is 6.04 Å². The van der Waals surface area contributed by atoms with Gasteiger partial charge in [0.2, 0.25) is 0 Å². The van der Waals surface area contributed by atoms with E-state index >= 15 is 0 Å². The lowest BCUT2D eigenvalue weighted by atomic mass is 10.2. The van der Waals surface area contributed by atoms with E-state index in [0.29, 0.717) is 0 Å². The number of nitriles is 1. The number of nitrogens with zero attached hydrogens (tertiary/aromatic N) is 2. The molecule has 1 aliphatic heterocycles. The molecule has 0 aromatic rings. The fourth-order valence-corrected chi connectivity index (χ4v) is 1.67. The number of rotatable bonds is 6. The molecule has 0 amide bonds. The minimum absolute atomic E-state index is 0.0218. The van der Waals surface area contributed by atoms with Crippen molar-refractivity contribution in [2.24, 2.45) is 0 Å². The van der Waals surface area contributed by atoms with Crippen molar-refractivity contribution in [3.63, 3.8) is 0 Å². The largest absolute Gasteiger partial charge is 0.380 e. The van der Waals surface area contributed by atoms with Crippen LogP contribution in [0.25, 0.3) is 0 Å². The maximum absolute atomic E-state index is 8.93. The van der Waals surface area contributed by atoms with Crippen LogP contribution >= 0.6 is 0 Å². The van der Waals surface area contributed by atoms with Crippen LogP contribution in [0.1, 0.15) is 19.8 Å². The molecule has 0 spiro atoms. The van der Waals surface area contributed by atoms with Gasteiger partial charge in [0.1, 0.15) is 6.04 Å². The molecule has 4 nitrogen and oxygen atoms in total. The fourth-order valence-electron chi connectivity index (χ4n) is 1.67. The Kier molecular flexibility index (Phi) is 6.33. The van der Waals surface area contributed by atoms with E-state index in [4.69, 9.17) is 10.00 Å². The van der Waals surface area contributed by atoms with Crippen molar-refractivity contribution < 1.29 is 4.74 Å². The molecule has 1 heterocycles. The van der Waals surface area contributed by atoms with Gasteiger partial charge in [0.15, 0.2) is 0 Å². The molecule has 0 saturated carbocycles. The van der Waals surface area contributed by atoms with Crippen molar-refractivity contribution in [3.8, 4) is 6.07 Å². The zero-order chi connectivity index (χ0) is 10.9. The van der Waals surface area contributed by atoms with E-state index in [0.717, 1.165) is 45.8 Å². The molecule has 15 heavy (non-hydrogen) atoms. The molecule has 0 radical (unpaired) electrons. The van der Waals surface area contributed by atoms with Crippen molar-refractivity contribution >= 4 is 0 Å². The zero-order valence-electron chi connectivity index (χ0n) is 9.54. The van der Waals surface area contributed by atoms with Crippen LogP contribution in [-0.4, -0.2) is 50.3 Å². The average molecular weight is 211 g/mol. The second-order valence-corrected chi connectivity index (χ2v) is 3.85. The van der Waals surface area contributed by atoms with Crippen LogP contribution in [0.3, 0.4) is 0 Å². The maximum atomic E-state index is 8.93. The van der Waals surface area contributed by atoms with E-state index in [1.54, 1.807) is 0 Å². The minimum atomic E-state index is 0.0218. The third-order valence-corrected chi connectivity index (χ3v) is 2.67. The first-order valence-electron chi connectivity index (χ1n) is 5.80. The summed E-state index contributed by atoms with van der Waals surface area (Å²) >= 11 is 0. The molecule has 86 valence electrons. The normalized spacial score (nSPS) is 22.5. The van der Waals surface area contributed by atoms with Crippen molar-refractivity contribution in [2.75, 3.05) is 39.4 Å². The van der Waals surface area contributed by atoms with E-state index in [9.17, 15) is 0 Å². The van der Waals surface area contributed by atoms with Gasteiger partial charge < -0.3 is 10.1 Å². The van der Waals surface area contributed by atoms with Gasteiger partial charge in [0, 0.05) is 32.8 Å². The molecule has 1 saturated heterocycles. The quantitative estimate of drug-likeness (QED) is 0.654. The van der Waals surface area contributed by atoms with Crippen molar-refractivity contribution in [2.45, 2.75) is 25.8 Å². The Labute approximate surface area is 92.2 Å². The third kappa shape index (κ3) is 4.61. The molecule has 0 aliphatic carbocycles. The number of piperazine rings is 1. The van der Waals surface area contributed by atoms with E-state index in [2.05, 4.69) is 23.2 Å². The maximum Gasteiger partial charge on any atom is 0.110 e. The van der Waals surface area contributed by atoms with Crippen LogP contribution < -0.4 is 5.32 Å². The van der Waals surface area contributed by atoms with Gasteiger partial charge >= 0.3 is 0 Å². The van der Waals surface area contributed by atoms with E-state index < -0.39 is 0 Å². The Hall–Kier alpha value is -0.630. The van der Waals surface area contributed by atoms with Gasteiger partial charge in [0.25, 0.3) is 0 Å². The highest BCUT2D eigenvalue weighted by atomic mass is 16.5. The average Bonchev–Trinajstić information content (AvgIpc) is 2.29. The van der Waals surface area contributed by atoms with Gasteiger partial charge in [-0.2, -0.15) is 5.26 Å². The minimum Gasteiger partial charge on any atom is -0.380 e. The second-order valence-electron chi connectivity index (χ2n) is 3.85. The monoisotopic (exact) mass is 211 g/mol. The summed E-state index contributed by atoms with van der Waals surface area (Å²) < 4.78 is 5.50. The molecule has 0 aromatic heterocycles. The summed E-state index contributed by atoms with van der Waals surface area (Å²) in [6, 6.07) is 2.34. The molecule has 1 unspecified atom stereocenters. The van der Waals surface area contributed by atoms with Gasteiger partial charge in [-0.05, 0) is 6.42 Å². The molecular formula is C11H21N3O. The molecule has 1 N–H and O–H groups in total. The lowest BCUT2D eigenvalue weighted by Gasteiger charge is -2.31. The standard InChI is InChI=1S/C11H21N3O/c1-2-3-7-15-8-6-14-5-4-13-10-11(14)9-12/h11,13H,2-8,10H2,1H3. The number of unbranched alkanes of at least 4 members (excludes halogenated alkanes) is 1. The zero-order valence-corrected chi connectivity index (χ0v) is 9.54. The Morgan fingerprint density at radius 1 is 1.53 bits per heavy atom. The highest BCUT2D eigenvalue weighted by molar-refractivity contribution is 4.95. The van der Waals surface area contributed by atoms with Crippen LogP contribution in [0.5, 0.6) is 0 Å². The van der Waals surface area contributed by atoms with Gasteiger partial charge in [-0.25, -0.2) is 0 Å². The highest BCUT2D eigenvalue weighted by Crippen LogP contribution is 2.01. The van der Waals surface area contributed by atoms with Gasteiger partial charge in [-0.1, -0.05) is 13.3 Å². The van der Waals surface area contributed by atoms with Crippen LogP contribution in [0.4, 0.5) is 0 Å². The van der Waals surface area contributed by atoms with Crippen molar-refractivity contribution in [1.82, 2.24) is 10.2 Å². The molecule has 1 aliphatic rings. The molecule has 0 bridgehead atoms. The summed E-state index contributed by atoms with van der Waals surface area (Å²) in [6.07, 6.45) is 2.30. The summed E-state index contributed by atoms with van der Waals surface area (Å²) in [7, 11) is 0. The Bertz CT molecular complexity index is 202. The first-order chi connectivity index (χ1) is 7.38. The predicted octanol–water partition coefficient (Wildman–Crippen LogP) is 0.600. The van der Waals surface area contributed by atoms with Crippen LogP contribution in [0.15, 0.2) is 0 Å². The SMILES string of the molecule is CCCCOCCN1CCNCC1C#N. The highest BCUT2D eigenvalue weighted by Gasteiger charge is 2.20. The summed E-state index contributed by atoms with van der Waals surface area (Å²) in [5.41, 5.74) is 0. The summed E-state index contributed by atoms with van der Waals surface area (Å²) in [4.78, 5) is 2.20. The summed E-state index contributed by atoms with van der Waals surface area (Å²) in [6.45, 7) is 7.35. The molecule has 4 heteroatoms.